The van der Waals surface area contributed by atoms with Crippen molar-refractivity contribution in [2.45, 2.75) is 46.1 Å². The fourth-order valence-electron chi connectivity index (χ4n) is 3.67. The number of ether oxygens (including phenoxy) is 1. The van der Waals surface area contributed by atoms with E-state index in [0.717, 1.165) is 6.42 Å². The Bertz CT molecular complexity index is 601. The van der Waals surface area contributed by atoms with Gasteiger partial charge in [0.25, 0.3) is 0 Å². The van der Waals surface area contributed by atoms with Crippen molar-refractivity contribution in [3.8, 4) is 0 Å². The number of methoxy groups -OCH3 is 1. The summed E-state index contributed by atoms with van der Waals surface area (Å²) >= 11 is 0. The van der Waals surface area contributed by atoms with E-state index in [1.807, 2.05) is 0 Å². The number of benzene rings is 1. The molecule has 1 aliphatic carbocycles. The second-order valence-corrected chi connectivity index (χ2v) is 7.59. The Kier molecular flexibility index (Phi) is 7.45. The normalized spacial score (nSPS) is 22.7. The van der Waals surface area contributed by atoms with Crippen molar-refractivity contribution in [3.63, 3.8) is 0 Å². The number of rotatable bonds is 6. The van der Waals surface area contributed by atoms with Crippen LogP contribution in [0, 0.1) is 17.8 Å². The Morgan fingerprint density at radius 3 is 2.31 bits per heavy atom. The minimum Gasteiger partial charge on any atom is -0.375 e. The predicted molar refractivity (Wildman–Crippen MR) is 104 cm³/mol. The zero-order valence-electron chi connectivity index (χ0n) is 16.2. The van der Waals surface area contributed by atoms with E-state index in [0.29, 0.717) is 29.1 Å². The fraction of sp³-hybridized carbons (Fsp3) is 0.600. The molecule has 0 bridgehead atoms. The molecule has 1 aromatic rings. The van der Waals surface area contributed by atoms with Crippen LogP contribution in [0.1, 0.15) is 40.0 Å². The van der Waals surface area contributed by atoms with Crippen LogP contribution < -0.4 is 16.0 Å². The van der Waals surface area contributed by atoms with Gasteiger partial charge in [0, 0.05) is 24.5 Å². The highest BCUT2D eigenvalue weighted by atomic mass is 16.5. The molecule has 0 spiro atoms. The van der Waals surface area contributed by atoms with Gasteiger partial charge in [-0.2, -0.15) is 0 Å². The van der Waals surface area contributed by atoms with Crippen molar-refractivity contribution in [2.75, 3.05) is 24.4 Å². The van der Waals surface area contributed by atoms with E-state index in [4.69, 9.17) is 4.74 Å². The molecule has 26 heavy (non-hydrogen) atoms. The second-order valence-electron chi connectivity index (χ2n) is 7.59. The van der Waals surface area contributed by atoms with Crippen LogP contribution in [-0.4, -0.2) is 31.7 Å². The molecule has 0 saturated heterocycles. The first kappa shape index (κ1) is 20.2. The Morgan fingerprint density at radius 2 is 1.73 bits per heavy atom. The molecular formula is C20H31N3O3. The highest BCUT2D eigenvalue weighted by Crippen LogP contribution is 2.33. The van der Waals surface area contributed by atoms with Crippen molar-refractivity contribution in [1.82, 2.24) is 5.32 Å². The summed E-state index contributed by atoms with van der Waals surface area (Å²) in [6, 6.07) is 7.08. The number of carbonyl (C=O) groups is 2. The molecule has 0 heterocycles. The van der Waals surface area contributed by atoms with Gasteiger partial charge in [-0.25, -0.2) is 4.79 Å². The SMILES string of the molecule is COCC(=O)Nc1ccc(NC(=O)N[C@@H]2C[C@@H](C)CC[C@@H]2C(C)C)cc1. The number of hydrogen-bond donors (Lipinski definition) is 3. The van der Waals surface area contributed by atoms with E-state index in [9.17, 15) is 9.59 Å². The standard InChI is InChI=1S/C20H31N3O3/c1-13(2)17-10-5-14(3)11-18(17)23-20(25)22-16-8-6-15(7-9-16)21-19(24)12-26-4/h6-9,13-14,17-18H,5,10-12H2,1-4H3,(H,21,24)(H2,22,23,25)/t14-,17+,18+/m0/s1. The van der Waals surface area contributed by atoms with Gasteiger partial charge in [-0.05, 0) is 54.9 Å². The summed E-state index contributed by atoms with van der Waals surface area (Å²) in [5.74, 6) is 1.51. The summed E-state index contributed by atoms with van der Waals surface area (Å²) in [4.78, 5) is 23.9. The van der Waals surface area contributed by atoms with Gasteiger partial charge < -0.3 is 20.7 Å². The highest BCUT2D eigenvalue weighted by Gasteiger charge is 2.31. The minimum atomic E-state index is -0.211. The van der Waals surface area contributed by atoms with Gasteiger partial charge in [0.1, 0.15) is 6.61 Å². The molecule has 144 valence electrons. The van der Waals surface area contributed by atoms with Crippen LogP contribution in [0.5, 0.6) is 0 Å². The highest BCUT2D eigenvalue weighted by molar-refractivity contribution is 5.93. The number of carbonyl (C=O) groups excluding carboxylic acids is 2. The predicted octanol–water partition coefficient (Wildman–Crippen LogP) is 3.85. The Morgan fingerprint density at radius 1 is 1.12 bits per heavy atom. The molecule has 3 amide bonds. The summed E-state index contributed by atoms with van der Waals surface area (Å²) < 4.78 is 4.78. The quantitative estimate of drug-likeness (QED) is 0.720. The third-order valence-electron chi connectivity index (χ3n) is 5.04. The minimum absolute atomic E-state index is 0.0131. The summed E-state index contributed by atoms with van der Waals surface area (Å²) in [5, 5.41) is 8.76. The lowest BCUT2D eigenvalue weighted by molar-refractivity contribution is -0.119. The average molecular weight is 361 g/mol. The van der Waals surface area contributed by atoms with Crippen LogP contribution >= 0.6 is 0 Å². The van der Waals surface area contributed by atoms with Gasteiger partial charge in [0.2, 0.25) is 5.91 Å². The third kappa shape index (κ3) is 6.02. The van der Waals surface area contributed by atoms with E-state index in [2.05, 4.69) is 36.7 Å². The number of anilines is 2. The van der Waals surface area contributed by atoms with Gasteiger partial charge in [0.05, 0.1) is 0 Å². The fourth-order valence-corrected chi connectivity index (χ4v) is 3.67. The lowest BCUT2D eigenvalue weighted by atomic mass is 9.74. The maximum absolute atomic E-state index is 12.4. The molecule has 1 saturated carbocycles. The van der Waals surface area contributed by atoms with E-state index < -0.39 is 0 Å². The zero-order chi connectivity index (χ0) is 19.1. The van der Waals surface area contributed by atoms with Gasteiger partial charge in [-0.1, -0.05) is 27.2 Å². The van der Waals surface area contributed by atoms with Crippen LogP contribution in [-0.2, 0) is 9.53 Å². The summed E-state index contributed by atoms with van der Waals surface area (Å²) in [5.41, 5.74) is 1.36. The molecule has 0 unspecified atom stereocenters. The topological polar surface area (TPSA) is 79.5 Å². The lowest BCUT2D eigenvalue weighted by Gasteiger charge is -2.37. The molecule has 0 aromatic heterocycles. The first-order valence-corrected chi connectivity index (χ1v) is 9.35. The molecule has 1 fully saturated rings. The Balaban J connectivity index is 1.89. The number of nitrogens with one attached hydrogen (secondary N) is 3. The van der Waals surface area contributed by atoms with E-state index in [1.165, 1.54) is 20.0 Å². The van der Waals surface area contributed by atoms with Gasteiger partial charge in [-0.3, -0.25) is 4.79 Å². The number of hydrogen-bond acceptors (Lipinski definition) is 3. The molecular weight excluding hydrogens is 330 g/mol. The molecule has 1 aliphatic rings. The van der Waals surface area contributed by atoms with Crippen LogP contribution in [0.2, 0.25) is 0 Å². The first-order chi connectivity index (χ1) is 12.4. The molecule has 3 atom stereocenters. The molecule has 6 heteroatoms. The second kappa shape index (κ2) is 9.57. The zero-order valence-corrected chi connectivity index (χ0v) is 16.2. The Hall–Kier alpha value is -2.08. The van der Waals surface area contributed by atoms with E-state index in [-0.39, 0.29) is 24.6 Å². The number of urea groups is 1. The van der Waals surface area contributed by atoms with Crippen molar-refractivity contribution in [3.05, 3.63) is 24.3 Å². The third-order valence-corrected chi connectivity index (χ3v) is 5.04. The van der Waals surface area contributed by atoms with E-state index in [1.54, 1.807) is 24.3 Å². The monoisotopic (exact) mass is 361 g/mol. The smallest absolute Gasteiger partial charge is 0.319 e. The van der Waals surface area contributed by atoms with Gasteiger partial charge >= 0.3 is 6.03 Å². The molecule has 0 radical (unpaired) electrons. The van der Waals surface area contributed by atoms with Crippen molar-refractivity contribution >= 4 is 23.3 Å². The van der Waals surface area contributed by atoms with Crippen molar-refractivity contribution in [2.24, 2.45) is 17.8 Å². The molecule has 0 aliphatic heterocycles. The van der Waals surface area contributed by atoms with Crippen LogP contribution in [0.25, 0.3) is 0 Å². The van der Waals surface area contributed by atoms with Crippen LogP contribution in [0.15, 0.2) is 24.3 Å². The molecule has 1 aromatic carbocycles. The summed E-state index contributed by atoms with van der Waals surface area (Å²) in [7, 11) is 1.47. The first-order valence-electron chi connectivity index (χ1n) is 9.35. The molecule has 3 N–H and O–H groups in total. The summed E-state index contributed by atoms with van der Waals surface area (Å²) in [6.07, 6.45) is 3.43. The number of amides is 3. The van der Waals surface area contributed by atoms with Crippen LogP contribution in [0.4, 0.5) is 16.2 Å². The van der Waals surface area contributed by atoms with Crippen molar-refractivity contribution < 1.29 is 14.3 Å². The maximum atomic E-state index is 12.4. The maximum Gasteiger partial charge on any atom is 0.319 e. The molecule has 2 rings (SSSR count). The molecule has 6 nitrogen and oxygen atoms in total. The van der Waals surface area contributed by atoms with Gasteiger partial charge in [-0.15, -0.1) is 0 Å². The summed E-state index contributed by atoms with van der Waals surface area (Å²) in [6.45, 7) is 6.71. The van der Waals surface area contributed by atoms with E-state index >= 15 is 0 Å². The van der Waals surface area contributed by atoms with Gasteiger partial charge in [0.15, 0.2) is 0 Å². The van der Waals surface area contributed by atoms with Crippen molar-refractivity contribution in [1.29, 1.82) is 0 Å². The lowest BCUT2D eigenvalue weighted by Crippen LogP contribution is -2.47. The van der Waals surface area contributed by atoms with Crippen LogP contribution in [0.3, 0.4) is 0 Å². The average Bonchev–Trinajstić information content (AvgIpc) is 2.56. The Labute approximate surface area is 156 Å². The largest absolute Gasteiger partial charge is 0.375 e.